The Morgan fingerprint density at radius 3 is 2.94 bits per heavy atom. The summed E-state index contributed by atoms with van der Waals surface area (Å²) in [6.45, 7) is 0. The highest BCUT2D eigenvalue weighted by atomic mass is 19.1. The summed E-state index contributed by atoms with van der Waals surface area (Å²) in [7, 11) is 0. The van der Waals surface area contributed by atoms with E-state index in [1.54, 1.807) is 0 Å². The fourth-order valence-electron chi connectivity index (χ4n) is 1.75. The molecule has 1 aliphatic rings. The van der Waals surface area contributed by atoms with Gasteiger partial charge in [0.15, 0.2) is 5.69 Å². The molecule has 1 fully saturated rings. The molecule has 1 aromatic carbocycles. The first-order valence-corrected chi connectivity index (χ1v) is 5.61. The quantitative estimate of drug-likeness (QED) is 0.800. The minimum absolute atomic E-state index is 0.0152. The van der Waals surface area contributed by atoms with Gasteiger partial charge in [-0.2, -0.15) is 0 Å². The summed E-state index contributed by atoms with van der Waals surface area (Å²) in [5.41, 5.74) is 0.583. The van der Waals surface area contributed by atoms with E-state index in [1.807, 2.05) is 0 Å². The second-order valence-electron chi connectivity index (χ2n) is 4.32. The highest BCUT2D eigenvalue weighted by Gasteiger charge is 2.29. The predicted molar refractivity (Wildman–Crippen MR) is 62.2 cm³/mol. The van der Waals surface area contributed by atoms with Crippen LogP contribution in [0, 0.1) is 11.7 Å². The molecule has 0 bridgehead atoms. The standard InChI is InChI=1S/C12H10FN3O2/c13-7-3-4-8-9(5-7)14-12(18)10(8)15-16-11(17)6-1-2-6/h3-6,14,18H,1-2H2. The number of amides is 1. The van der Waals surface area contributed by atoms with Crippen molar-refractivity contribution in [2.24, 2.45) is 16.1 Å². The fraction of sp³-hybridized carbons (Fsp3) is 0.250. The first kappa shape index (κ1) is 10.9. The number of rotatable bonds is 2. The lowest BCUT2D eigenvalue weighted by Gasteiger charge is -1.91. The van der Waals surface area contributed by atoms with Crippen LogP contribution in [0.4, 0.5) is 10.1 Å². The zero-order chi connectivity index (χ0) is 12.7. The number of halogens is 1. The summed E-state index contributed by atoms with van der Waals surface area (Å²) in [5, 5.41) is 17.5. The monoisotopic (exact) mass is 247 g/mol. The van der Waals surface area contributed by atoms with Crippen molar-refractivity contribution in [3.63, 3.8) is 0 Å². The maximum Gasteiger partial charge on any atom is 0.267 e. The molecular formula is C12H10FN3O2. The van der Waals surface area contributed by atoms with E-state index < -0.39 is 5.82 Å². The van der Waals surface area contributed by atoms with Crippen molar-refractivity contribution in [3.05, 3.63) is 24.0 Å². The van der Waals surface area contributed by atoms with E-state index >= 15 is 0 Å². The molecule has 3 rings (SSSR count). The molecule has 1 aromatic heterocycles. The summed E-state index contributed by atoms with van der Waals surface area (Å²) in [5.74, 6) is -0.923. The van der Waals surface area contributed by atoms with Crippen molar-refractivity contribution >= 4 is 22.5 Å². The topological polar surface area (TPSA) is 77.8 Å². The van der Waals surface area contributed by atoms with Crippen LogP contribution in [-0.2, 0) is 4.79 Å². The molecule has 1 heterocycles. The van der Waals surface area contributed by atoms with Gasteiger partial charge in [-0.15, -0.1) is 10.2 Å². The predicted octanol–water partition coefficient (Wildman–Crippen LogP) is 3.03. The molecule has 0 unspecified atom stereocenters. The molecule has 0 atom stereocenters. The lowest BCUT2D eigenvalue weighted by atomic mass is 10.2. The van der Waals surface area contributed by atoms with Crippen LogP contribution in [0.3, 0.4) is 0 Å². The summed E-state index contributed by atoms with van der Waals surface area (Å²) in [6, 6.07) is 3.99. The van der Waals surface area contributed by atoms with Gasteiger partial charge in [0.2, 0.25) is 5.88 Å². The van der Waals surface area contributed by atoms with Crippen LogP contribution in [-0.4, -0.2) is 16.0 Å². The number of H-pyrrole nitrogens is 1. The minimum Gasteiger partial charge on any atom is -0.493 e. The normalized spacial score (nSPS) is 15.6. The van der Waals surface area contributed by atoms with Gasteiger partial charge < -0.3 is 10.1 Å². The first-order chi connectivity index (χ1) is 8.65. The number of aromatic amines is 1. The van der Waals surface area contributed by atoms with Gasteiger partial charge in [0.05, 0.1) is 5.52 Å². The molecule has 92 valence electrons. The zero-order valence-corrected chi connectivity index (χ0v) is 9.35. The Morgan fingerprint density at radius 2 is 2.22 bits per heavy atom. The number of nitrogens with zero attached hydrogens (tertiary/aromatic N) is 2. The van der Waals surface area contributed by atoms with Gasteiger partial charge in [0.25, 0.3) is 5.91 Å². The Morgan fingerprint density at radius 1 is 1.44 bits per heavy atom. The third-order valence-electron chi connectivity index (χ3n) is 2.89. The number of benzene rings is 1. The number of fused-ring (bicyclic) bond motifs is 1. The van der Waals surface area contributed by atoms with E-state index in [0.29, 0.717) is 10.9 Å². The second-order valence-corrected chi connectivity index (χ2v) is 4.32. The highest BCUT2D eigenvalue weighted by molar-refractivity contribution is 5.94. The Labute approximate surface area is 101 Å². The number of hydrogen-bond acceptors (Lipinski definition) is 3. The average molecular weight is 247 g/mol. The molecular weight excluding hydrogens is 237 g/mol. The third-order valence-corrected chi connectivity index (χ3v) is 2.89. The largest absolute Gasteiger partial charge is 0.493 e. The molecule has 6 heteroatoms. The van der Waals surface area contributed by atoms with Crippen molar-refractivity contribution < 1.29 is 14.3 Å². The van der Waals surface area contributed by atoms with E-state index in [0.717, 1.165) is 12.8 Å². The second kappa shape index (κ2) is 3.90. The van der Waals surface area contributed by atoms with Crippen LogP contribution in [0.1, 0.15) is 12.8 Å². The van der Waals surface area contributed by atoms with Gasteiger partial charge >= 0.3 is 0 Å². The van der Waals surface area contributed by atoms with Crippen molar-refractivity contribution in [1.29, 1.82) is 0 Å². The number of aromatic hydroxyl groups is 1. The molecule has 0 radical (unpaired) electrons. The molecule has 0 saturated heterocycles. The van der Waals surface area contributed by atoms with Crippen molar-refractivity contribution in [3.8, 4) is 5.88 Å². The number of hydrogen-bond donors (Lipinski definition) is 2. The van der Waals surface area contributed by atoms with Gasteiger partial charge in [0.1, 0.15) is 5.82 Å². The van der Waals surface area contributed by atoms with Crippen LogP contribution in [0.15, 0.2) is 28.4 Å². The van der Waals surface area contributed by atoms with Crippen LogP contribution in [0.25, 0.3) is 10.9 Å². The number of nitrogens with one attached hydrogen (secondary N) is 1. The van der Waals surface area contributed by atoms with Crippen molar-refractivity contribution in [2.45, 2.75) is 12.8 Å². The summed E-state index contributed by atoms with van der Waals surface area (Å²) in [4.78, 5) is 14.0. The average Bonchev–Trinajstić information content (AvgIpc) is 3.11. The van der Waals surface area contributed by atoms with E-state index in [1.165, 1.54) is 18.2 Å². The van der Waals surface area contributed by atoms with Gasteiger partial charge in [0, 0.05) is 11.3 Å². The van der Waals surface area contributed by atoms with Gasteiger partial charge in [-0.05, 0) is 31.0 Å². The zero-order valence-electron chi connectivity index (χ0n) is 9.35. The van der Waals surface area contributed by atoms with Crippen LogP contribution >= 0.6 is 0 Å². The van der Waals surface area contributed by atoms with Gasteiger partial charge in [-0.25, -0.2) is 4.39 Å². The Kier molecular flexibility index (Phi) is 2.36. The van der Waals surface area contributed by atoms with Gasteiger partial charge in [-0.1, -0.05) is 0 Å². The summed E-state index contributed by atoms with van der Waals surface area (Å²) < 4.78 is 13.0. The van der Waals surface area contributed by atoms with E-state index in [4.69, 9.17) is 0 Å². The molecule has 1 aliphatic carbocycles. The van der Waals surface area contributed by atoms with E-state index in [9.17, 15) is 14.3 Å². The third kappa shape index (κ3) is 1.85. The number of carbonyl (C=O) groups is 1. The van der Waals surface area contributed by atoms with Gasteiger partial charge in [-0.3, -0.25) is 4.79 Å². The summed E-state index contributed by atoms with van der Waals surface area (Å²) >= 11 is 0. The molecule has 5 nitrogen and oxygen atoms in total. The van der Waals surface area contributed by atoms with E-state index in [-0.39, 0.29) is 23.4 Å². The Hall–Kier alpha value is -2.24. The Bertz CT molecular complexity index is 659. The molecule has 0 spiro atoms. The maximum atomic E-state index is 13.0. The molecule has 0 aliphatic heterocycles. The number of aromatic nitrogens is 1. The number of azo groups is 1. The molecule has 1 amide bonds. The van der Waals surface area contributed by atoms with Crippen LogP contribution in [0.5, 0.6) is 5.88 Å². The minimum atomic E-state index is -0.415. The van der Waals surface area contributed by atoms with Crippen LogP contribution in [0.2, 0.25) is 0 Å². The highest BCUT2D eigenvalue weighted by Crippen LogP contribution is 2.36. The number of carbonyl (C=O) groups excluding carboxylic acids is 1. The lowest BCUT2D eigenvalue weighted by molar-refractivity contribution is -0.119. The van der Waals surface area contributed by atoms with Crippen molar-refractivity contribution in [2.75, 3.05) is 0 Å². The van der Waals surface area contributed by atoms with E-state index in [2.05, 4.69) is 15.2 Å². The lowest BCUT2D eigenvalue weighted by Crippen LogP contribution is -1.92. The smallest absolute Gasteiger partial charge is 0.267 e. The van der Waals surface area contributed by atoms with Crippen molar-refractivity contribution in [1.82, 2.24) is 4.98 Å². The molecule has 2 N–H and O–H groups in total. The van der Waals surface area contributed by atoms with Crippen LogP contribution < -0.4 is 0 Å². The fourth-order valence-corrected chi connectivity index (χ4v) is 1.75. The Balaban J connectivity index is 2.00. The maximum absolute atomic E-state index is 13.0. The molecule has 18 heavy (non-hydrogen) atoms. The summed E-state index contributed by atoms with van der Waals surface area (Å²) in [6.07, 6.45) is 1.70. The molecule has 2 aromatic rings. The first-order valence-electron chi connectivity index (χ1n) is 5.61. The SMILES string of the molecule is O=C(N=Nc1c(O)[nH]c2cc(F)ccc12)C1CC1. The molecule has 1 saturated carbocycles.